The number of rotatable bonds is 5. The molecule has 5 rings (SSSR count). The van der Waals surface area contributed by atoms with Crippen LogP contribution in [-0.4, -0.2) is 41.9 Å². The fourth-order valence-electron chi connectivity index (χ4n) is 4.50. The van der Waals surface area contributed by atoms with Crippen LogP contribution in [-0.2, 0) is 10.2 Å². The maximum atomic E-state index is 14.9. The number of fused-ring (bicyclic) bond motifs is 2. The fraction of sp³-hybridized carbons (Fsp3) is 0.280. The first-order valence-corrected chi connectivity index (χ1v) is 10.9. The number of aromatic nitrogens is 2. The van der Waals surface area contributed by atoms with Crippen LogP contribution in [0.5, 0.6) is 5.75 Å². The lowest BCUT2D eigenvalue weighted by atomic mass is 9.88. The predicted molar refractivity (Wildman–Crippen MR) is 120 cm³/mol. The van der Waals surface area contributed by atoms with Crippen LogP contribution in [0.3, 0.4) is 0 Å². The molecule has 1 aromatic heterocycles. The minimum atomic E-state index is -0.659. The molecular formula is C25H21FN4O4. The SMILES string of the molecule is CCOC(=O)c1nn(-c2ccc(OC)cc2)c2c1C1(CC1)CN(c1ccc(C#N)cc1F)C2=O. The second-order valence-electron chi connectivity index (χ2n) is 8.35. The van der Waals surface area contributed by atoms with Gasteiger partial charge in [0.05, 0.1) is 36.7 Å². The first-order valence-electron chi connectivity index (χ1n) is 10.9. The van der Waals surface area contributed by atoms with E-state index < -0.39 is 23.1 Å². The lowest BCUT2D eigenvalue weighted by molar-refractivity contribution is 0.0516. The molecule has 1 fully saturated rings. The van der Waals surface area contributed by atoms with Crippen molar-refractivity contribution in [2.45, 2.75) is 25.2 Å². The summed E-state index contributed by atoms with van der Waals surface area (Å²) in [6, 6.07) is 12.8. The zero-order chi connectivity index (χ0) is 24.0. The predicted octanol–water partition coefficient (Wildman–Crippen LogP) is 3.76. The summed E-state index contributed by atoms with van der Waals surface area (Å²) in [6.45, 7) is 2.09. The van der Waals surface area contributed by atoms with Crippen molar-refractivity contribution >= 4 is 17.6 Å². The molecule has 3 aromatic rings. The Kier molecular flexibility index (Phi) is 5.09. The zero-order valence-electron chi connectivity index (χ0n) is 18.7. The molecule has 34 heavy (non-hydrogen) atoms. The molecule has 0 saturated heterocycles. The smallest absolute Gasteiger partial charge is 0.359 e. The molecule has 1 aliphatic heterocycles. The van der Waals surface area contributed by atoms with Gasteiger partial charge in [-0.05, 0) is 62.2 Å². The van der Waals surface area contributed by atoms with Gasteiger partial charge in [-0.15, -0.1) is 0 Å². The first kappa shape index (κ1) is 21.6. The third kappa shape index (κ3) is 3.30. The summed E-state index contributed by atoms with van der Waals surface area (Å²) >= 11 is 0. The molecule has 1 amide bonds. The van der Waals surface area contributed by atoms with E-state index in [1.54, 1.807) is 38.3 Å². The second-order valence-corrected chi connectivity index (χ2v) is 8.35. The van der Waals surface area contributed by atoms with Gasteiger partial charge in [-0.25, -0.2) is 13.9 Å². The molecule has 0 atom stereocenters. The lowest BCUT2D eigenvalue weighted by Gasteiger charge is -2.33. The molecule has 0 radical (unpaired) electrons. The summed E-state index contributed by atoms with van der Waals surface area (Å²) in [5.41, 5.74) is 1.16. The zero-order valence-corrected chi connectivity index (χ0v) is 18.7. The van der Waals surface area contributed by atoms with E-state index in [9.17, 15) is 14.0 Å². The van der Waals surface area contributed by atoms with Crippen molar-refractivity contribution in [1.82, 2.24) is 9.78 Å². The number of amides is 1. The number of nitrogens with zero attached hydrogens (tertiary/aromatic N) is 4. The van der Waals surface area contributed by atoms with Gasteiger partial charge in [0.15, 0.2) is 5.69 Å². The van der Waals surface area contributed by atoms with E-state index in [4.69, 9.17) is 14.7 Å². The van der Waals surface area contributed by atoms with E-state index in [0.717, 1.165) is 18.9 Å². The molecular weight excluding hydrogens is 439 g/mol. The third-order valence-corrected chi connectivity index (χ3v) is 6.33. The second kappa shape index (κ2) is 7.99. The van der Waals surface area contributed by atoms with Gasteiger partial charge in [0.2, 0.25) is 0 Å². The number of carbonyl (C=O) groups excluding carboxylic acids is 2. The Morgan fingerprint density at radius 3 is 2.56 bits per heavy atom. The Hall–Kier alpha value is -4.19. The Labute approximate surface area is 195 Å². The monoisotopic (exact) mass is 460 g/mol. The molecule has 9 heteroatoms. The number of benzene rings is 2. The topological polar surface area (TPSA) is 97.4 Å². The highest BCUT2D eigenvalue weighted by molar-refractivity contribution is 6.10. The average Bonchev–Trinajstić information content (AvgIpc) is 3.49. The van der Waals surface area contributed by atoms with E-state index in [2.05, 4.69) is 5.10 Å². The molecule has 8 nitrogen and oxygen atoms in total. The number of esters is 1. The number of hydrogen-bond acceptors (Lipinski definition) is 6. The molecule has 2 aromatic carbocycles. The van der Waals surface area contributed by atoms with Crippen LogP contribution >= 0.6 is 0 Å². The largest absolute Gasteiger partial charge is 0.497 e. The van der Waals surface area contributed by atoms with E-state index in [0.29, 0.717) is 17.0 Å². The lowest BCUT2D eigenvalue weighted by Crippen LogP contribution is -2.45. The van der Waals surface area contributed by atoms with Gasteiger partial charge in [-0.1, -0.05) is 0 Å². The molecule has 1 aliphatic carbocycles. The minimum absolute atomic E-state index is 0.0843. The summed E-state index contributed by atoms with van der Waals surface area (Å²) < 4.78 is 26.8. The van der Waals surface area contributed by atoms with Gasteiger partial charge in [0.25, 0.3) is 5.91 Å². The number of carbonyl (C=O) groups is 2. The van der Waals surface area contributed by atoms with Crippen molar-refractivity contribution in [3.8, 4) is 17.5 Å². The van der Waals surface area contributed by atoms with E-state index in [1.807, 2.05) is 6.07 Å². The summed E-state index contributed by atoms with van der Waals surface area (Å²) in [7, 11) is 1.55. The van der Waals surface area contributed by atoms with Crippen molar-refractivity contribution in [1.29, 1.82) is 5.26 Å². The number of methoxy groups -OCH3 is 1. The quantitative estimate of drug-likeness (QED) is 0.538. The van der Waals surface area contributed by atoms with Gasteiger partial charge < -0.3 is 14.4 Å². The highest BCUT2D eigenvalue weighted by Gasteiger charge is 2.56. The maximum absolute atomic E-state index is 14.9. The molecule has 1 spiro atoms. The molecule has 0 N–H and O–H groups in total. The number of nitriles is 1. The number of halogens is 1. The average molecular weight is 460 g/mol. The van der Waals surface area contributed by atoms with Crippen LogP contribution in [0.2, 0.25) is 0 Å². The van der Waals surface area contributed by atoms with Crippen LogP contribution in [0.4, 0.5) is 10.1 Å². The van der Waals surface area contributed by atoms with Crippen molar-refractivity contribution in [3.63, 3.8) is 0 Å². The Balaban J connectivity index is 1.70. The van der Waals surface area contributed by atoms with Crippen LogP contribution in [0.1, 0.15) is 51.9 Å². The molecule has 0 unspecified atom stereocenters. The number of anilines is 1. The highest BCUT2D eigenvalue weighted by Crippen LogP contribution is 2.54. The summed E-state index contributed by atoms with van der Waals surface area (Å²) in [5.74, 6) is -1.10. The van der Waals surface area contributed by atoms with Crippen molar-refractivity contribution in [2.75, 3.05) is 25.2 Å². The van der Waals surface area contributed by atoms with E-state index >= 15 is 0 Å². The van der Waals surface area contributed by atoms with Gasteiger partial charge in [0, 0.05) is 17.5 Å². The fourth-order valence-corrected chi connectivity index (χ4v) is 4.50. The standard InChI is InChI=1S/C25H21FN4O4/c1-3-34-24(32)21-20-22(30(28-21)16-5-7-17(33-2)8-6-16)23(31)29(14-25(20)10-11-25)19-9-4-15(13-27)12-18(19)26/h4-9,12H,3,10-11,14H2,1-2H3. The van der Waals surface area contributed by atoms with Crippen molar-refractivity contribution in [2.24, 2.45) is 0 Å². The highest BCUT2D eigenvalue weighted by atomic mass is 19.1. The summed E-state index contributed by atoms with van der Waals surface area (Å²) in [6.07, 6.45) is 1.45. The maximum Gasteiger partial charge on any atom is 0.359 e. The van der Waals surface area contributed by atoms with Gasteiger partial charge in [-0.3, -0.25) is 4.79 Å². The Morgan fingerprint density at radius 1 is 1.24 bits per heavy atom. The third-order valence-electron chi connectivity index (χ3n) is 6.33. The van der Waals surface area contributed by atoms with Gasteiger partial charge in [0.1, 0.15) is 17.3 Å². The molecule has 2 heterocycles. The summed E-state index contributed by atoms with van der Waals surface area (Å²) in [4.78, 5) is 28.0. The van der Waals surface area contributed by atoms with E-state index in [1.165, 1.54) is 21.7 Å². The normalized spacial score (nSPS) is 15.6. The molecule has 1 saturated carbocycles. The summed E-state index contributed by atoms with van der Waals surface area (Å²) in [5, 5.41) is 13.6. The first-order chi connectivity index (χ1) is 16.4. The Bertz CT molecular complexity index is 1350. The minimum Gasteiger partial charge on any atom is -0.497 e. The van der Waals surface area contributed by atoms with Crippen LogP contribution in [0.25, 0.3) is 5.69 Å². The van der Waals surface area contributed by atoms with Gasteiger partial charge >= 0.3 is 5.97 Å². The number of ether oxygens (including phenoxy) is 2. The van der Waals surface area contributed by atoms with Crippen LogP contribution in [0, 0.1) is 17.1 Å². The van der Waals surface area contributed by atoms with E-state index in [-0.39, 0.29) is 35.8 Å². The van der Waals surface area contributed by atoms with Gasteiger partial charge in [-0.2, -0.15) is 10.4 Å². The molecule has 2 aliphatic rings. The molecule has 0 bridgehead atoms. The van der Waals surface area contributed by atoms with Crippen molar-refractivity contribution < 1.29 is 23.5 Å². The van der Waals surface area contributed by atoms with Crippen LogP contribution < -0.4 is 9.64 Å². The Morgan fingerprint density at radius 2 is 1.97 bits per heavy atom. The van der Waals surface area contributed by atoms with Crippen molar-refractivity contribution in [3.05, 3.63) is 70.8 Å². The number of hydrogen-bond donors (Lipinski definition) is 0. The van der Waals surface area contributed by atoms with Crippen LogP contribution in [0.15, 0.2) is 42.5 Å². The molecule has 172 valence electrons.